The summed E-state index contributed by atoms with van der Waals surface area (Å²) in [4.78, 5) is 0. The van der Waals surface area contributed by atoms with Gasteiger partial charge in [0, 0.05) is 17.3 Å². The van der Waals surface area contributed by atoms with Gasteiger partial charge in [-0.1, -0.05) is 131 Å². The summed E-state index contributed by atoms with van der Waals surface area (Å²) in [6.45, 7) is 4.55. The molecule has 0 nitrogen and oxygen atoms in total. The molecular formula is C32H27I. The van der Waals surface area contributed by atoms with Gasteiger partial charge in [0.2, 0.25) is 0 Å². The van der Waals surface area contributed by atoms with Gasteiger partial charge in [-0.05, 0) is 59.2 Å². The Kier molecular flexibility index (Phi) is 4.14. The lowest BCUT2D eigenvalue weighted by molar-refractivity contribution is 0.353. The normalized spacial score (nSPS) is 33.2. The largest absolute Gasteiger partial charge is 0.0789 e. The molecule has 1 fully saturated rings. The molecule has 4 unspecified atom stereocenters. The fraction of sp³-hybridized carbons (Fsp3) is 0.250. The van der Waals surface area contributed by atoms with Crippen LogP contribution in [0.15, 0.2) is 108 Å². The number of benzene rings is 3. The van der Waals surface area contributed by atoms with E-state index in [9.17, 15) is 0 Å². The minimum absolute atomic E-state index is 0.0585. The zero-order valence-corrected chi connectivity index (χ0v) is 21.2. The average molecular weight is 538 g/mol. The van der Waals surface area contributed by atoms with Crippen LogP contribution in [0.2, 0.25) is 0 Å². The third-order valence-corrected chi connectivity index (χ3v) is 10.5. The fourth-order valence-corrected chi connectivity index (χ4v) is 8.94. The summed E-state index contributed by atoms with van der Waals surface area (Å²) in [7, 11) is 0. The number of halogens is 1. The SMILES string of the molecule is CC1=CC2C(C=C1)[C@@]1(I)C=CC(C)=CC1C21c2ccccc2Cc2c1ccc1ccccc21. The second-order valence-electron chi connectivity index (χ2n) is 10.4. The van der Waals surface area contributed by atoms with Crippen LogP contribution in [0.4, 0.5) is 0 Å². The van der Waals surface area contributed by atoms with Crippen molar-refractivity contribution in [3.8, 4) is 0 Å². The molecule has 0 radical (unpaired) electrons. The number of rotatable bonds is 0. The highest BCUT2D eigenvalue weighted by Gasteiger charge is 2.67. The highest BCUT2D eigenvalue weighted by molar-refractivity contribution is 14.1. The van der Waals surface area contributed by atoms with Gasteiger partial charge in [0.05, 0.1) is 3.42 Å². The number of hydrogen-bond donors (Lipinski definition) is 0. The van der Waals surface area contributed by atoms with Gasteiger partial charge in [0.15, 0.2) is 0 Å². The minimum atomic E-state index is -0.0713. The first-order chi connectivity index (χ1) is 16.0. The Morgan fingerprint density at radius 3 is 2.48 bits per heavy atom. The Morgan fingerprint density at radius 1 is 0.788 bits per heavy atom. The smallest absolute Gasteiger partial charge is 0.0547 e. The lowest BCUT2D eigenvalue weighted by Gasteiger charge is -2.47. The molecule has 162 valence electrons. The molecule has 4 aliphatic rings. The van der Waals surface area contributed by atoms with Crippen molar-refractivity contribution in [2.75, 3.05) is 0 Å². The number of hydrogen-bond acceptors (Lipinski definition) is 0. The Hall–Kier alpha value is -2.39. The van der Waals surface area contributed by atoms with E-state index in [4.69, 9.17) is 0 Å². The molecule has 7 rings (SSSR count). The molecule has 0 saturated heterocycles. The fourth-order valence-electron chi connectivity index (χ4n) is 7.49. The first-order valence-corrected chi connectivity index (χ1v) is 13.1. The molecule has 1 spiro atoms. The van der Waals surface area contributed by atoms with Crippen LogP contribution < -0.4 is 0 Å². The monoisotopic (exact) mass is 538 g/mol. The van der Waals surface area contributed by atoms with Gasteiger partial charge in [0.25, 0.3) is 0 Å². The molecule has 0 aliphatic heterocycles. The van der Waals surface area contributed by atoms with Crippen LogP contribution >= 0.6 is 22.6 Å². The molecule has 0 amide bonds. The summed E-state index contributed by atoms with van der Waals surface area (Å²) in [6, 6.07) is 23.1. The lowest BCUT2D eigenvalue weighted by atomic mass is 9.55. The van der Waals surface area contributed by atoms with Crippen LogP contribution in [0, 0.1) is 17.8 Å². The molecule has 3 aromatic carbocycles. The summed E-state index contributed by atoms with van der Waals surface area (Å²) in [6.07, 6.45) is 16.0. The highest BCUT2D eigenvalue weighted by atomic mass is 127. The predicted molar refractivity (Wildman–Crippen MR) is 147 cm³/mol. The Balaban J connectivity index is 1.65. The van der Waals surface area contributed by atoms with Crippen molar-refractivity contribution >= 4 is 33.4 Å². The topological polar surface area (TPSA) is 0 Å². The van der Waals surface area contributed by atoms with E-state index in [1.807, 2.05) is 0 Å². The summed E-state index contributed by atoms with van der Waals surface area (Å²) < 4.78 is 0.0585. The van der Waals surface area contributed by atoms with Gasteiger partial charge < -0.3 is 0 Å². The molecule has 0 N–H and O–H groups in total. The molecule has 4 aliphatic carbocycles. The minimum Gasteiger partial charge on any atom is -0.0789 e. The second kappa shape index (κ2) is 6.82. The zero-order valence-electron chi connectivity index (χ0n) is 19.1. The van der Waals surface area contributed by atoms with Crippen molar-refractivity contribution in [3.05, 3.63) is 131 Å². The summed E-state index contributed by atoms with van der Waals surface area (Å²) in [5, 5.41) is 2.78. The summed E-state index contributed by atoms with van der Waals surface area (Å²) in [5.74, 6) is 1.30. The maximum Gasteiger partial charge on any atom is 0.0547 e. The van der Waals surface area contributed by atoms with E-state index in [0.29, 0.717) is 17.8 Å². The highest BCUT2D eigenvalue weighted by Crippen LogP contribution is 2.69. The number of allylic oxidation sites excluding steroid dienone is 8. The summed E-state index contributed by atoms with van der Waals surface area (Å²) >= 11 is 2.81. The average Bonchev–Trinajstić information content (AvgIpc) is 3.04. The predicted octanol–water partition coefficient (Wildman–Crippen LogP) is 8.10. The van der Waals surface area contributed by atoms with Crippen molar-refractivity contribution < 1.29 is 0 Å². The molecular weight excluding hydrogens is 511 g/mol. The Bertz CT molecular complexity index is 1450. The summed E-state index contributed by atoms with van der Waals surface area (Å²) in [5.41, 5.74) is 8.85. The molecule has 1 saturated carbocycles. The van der Waals surface area contributed by atoms with Crippen molar-refractivity contribution in [1.82, 2.24) is 0 Å². The van der Waals surface area contributed by atoms with Gasteiger partial charge >= 0.3 is 0 Å². The van der Waals surface area contributed by atoms with E-state index in [1.54, 1.807) is 11.1 Å². The third kappa shape index (κ3) is 2.47. The van der Waals surface area contributed by atoms with Crippen molar-refractivity contribution in [2.24, 2.45) is 17.8 Å². The van der Waals surface area contributed by atoms with E-state index in [1.165, 1.54) is 33.0 Å². The van der Waals surface area contributed by atoms with Gasteiger partial charge in [-0.3, -0.25) is 0 Å². The van der Waals surface area contributed by atoms with Crippen LogP contribution in [0.5, 0.6) is 0 Å². The van der Waals surface area contributed by atoms with Crippen molar-refractivity contribution in [3.63, 3.8) is 0 Å². The van der Waals surface area contributed by atoms with E-state index in [0.717, 1.165) is 6.42 Å². The molecule has 0 aromatic heterocycles. The molecule has 1 heteroatoms. The van der Waals surface area contributed by atoms with Gasteiger partial charge in [-0.15, -0.1) is 0 Å². The van der Waals surface area contributed by atoms with E-state index >= 15 is 0 Å². The van der Waals surface area contributed by atoms with E-state index in [2.05, 4.69) is 134 Å². The number of fused-ring (bicyclic) bond motifs is 11. The molecule has 0 bridgehead atoms. The second-order valence-corrected chi connectivity index (χ2v) is 12.3. The van der Waals surface area contributed by atoms with Gasteiger partial charge in [0.1, 0.15) is 0 Å². The zero-order chi connectivity index (χ0) is 22.4. The molecule has 0 heterocycles. The lowest BCUT2D eigenvalue weighted by Crippen LogP contribution is -2.44. The van der Waals surface area contributed by atoms with Gasteiger partial charge in [-0.2, -0.15) is 0 Å². The third-order valence-electron chi connectivity index (χ3n) is 8.75. The quantitative estimate of drug-likeness (QED) is 0.200. The van der Waals surface area contributed by atoms with Crippen LogP contribution in [0.25, 0.3) is 10.8 Å². The first-order valence-electron chi connectivity index (χ1n) is 12.1. The molecule has 33 heavy (non-hydrogen) atoms. The maximum absolute atomic E-state index is 2.81. The Morgan fingerprint density at radius 2 is 1.58 bits per heavy atom. The van der Waals surface area contributed by atoms with Crippen LogP contribution in [-0.2, 0) is 11.8 Å². The first kappa shape index (κ1) is 20.0. The van der Waals surface area contributed by atoms with Crippen LogP contribution in [0.1, 0.15) is 36.1 Å². The molecule has 5 atom stereocenters. The number of alkyl halides is 1. The maximum atomic E-state index is 2.81. The molecule has 3 aromatic rings. The van der Waals surface area contributed by atoms with Crippen LogP contribution in [0.3, 0.4) is 0 Å². The standard InChI is InChI=1S/C32H27I/c1-20-11-13-28-29(17-20)32(30-18-21(2)15-16-31(28,30)33)26-10-6-4-8-23(26)19-25-24-9-5-3-7-22(24)12-14-27(25)32/h3-18,28-30H,19H2,1-2H3/t28?,29?,30?,31-,32?/m0/s1. The Labute approximate surface area is 209 Å². The van der Waals surface area contributed by atoms with Crippen molar-refractivity contribution in [1.29, 1.82) is 0 Å². The van der Waals surface area contributed by atoms with E-state index in [-0.39, 0.29) is 8.84 Å². The van der Waals surface area contributed by atoms with Crippen molar-refractivity contribution in [2.45, 2.75) is 29.1 Å². The van der Waals surface area contributed by atoms with Crippen LogP contribution in [-0.4, -0.2) is 3.42 Å². The van der Waals surface area contributed by atoms with E-state index < -0.39 is 0 Å². The van der Waals surface area contributed by atoms with Gasteiger partial charge in [-0.25, -0.2) is 0 Å².